The highest BCUT2D eigenvalue weighted by atomic mass is 32.2. The minimum Gasteiger partial charge on any atom is -0.493 e. The van der Waals surface area contributed by atoms with Crippen LogP contribution in [0.1, 0.15) is 49.1 Å². The minimum atomic E-state index is -3.45. The summed E-state index contributed by atoms with van der Waals surface area (Å²) >= 11 is 0. The van der Waals surface area contributed by atoms with Crippen molar-refractivity contribution in [2.75, 3.05) is 19.7 Å². The molecule has 31 heavy (non-hydrogen) atoms. The quantitative estimate of drug-likeness (QED) is 0.567. The molecular weight excluding hydrogens is 410 g/mol. The zero-order valence-corrected chi connectivity index (χ0v) is 18.8. The van der Waals surface area contributed by atoms with Gasteiger partial charge in [-0.1, -0.05) is 44.2 Å². The molecule has 1 saturated heterocycles. The molecule has 2 aromatic carbocycles. The number of rotatable bonds is 8. The van der Waals surface area contributed by atoms with Crippen LogP contribution in [0, 0.1) is 0 Å². The summed E-state index contributed by atoms with van der Waals surface area (Å²) in [4.78, 5) is 0.344. The van der Waals surface area contributed by atoms with Gasteiger partial charge >= 0.3 is 0 Å². The zero-order chi connectivity index (χ0) is 21.8. The van der Waals surface area contributed by atoms with Crippen LogP contribution in [0.4, 0.5) is 0 Å². The number of aromatic amines is 1. The highest BCUT2D eigenvalue weighted by molar-refractivity contribution is 7.89. The minimum absolute atomic E-state index is 0.105. The first kappa shape index (κ1) is 21.6. The third kappa shape index (κ3) is 4.99. The Kier molecular flexibility index (Phi) is 6.43. The average molecular weight is 440 g/mol. The first-order valence-corrected chi connectivity index (χ1v) is 12.2. The van der Waals surface area contributed by atoms with Crippen molar-refractivity contribution >= 4 is 10.0 Å². The summed E-state index contributed by atoms with van der Waals surface area (Å²) in [6.07, 6.45) is 1.49. The largest absolute Gasteiger partial charge is 0.493 e. The Morgan fingerprint density at radius 1 is 1.13 bits per heavy atom. The van der Waals surface area contributed by atoms with Gasteiger partial charge in [0.15, 0.2) is 0 Å². The maximum atomic E-state index is 12.8. The molecule has 1 aliphatic rings. The van der Waals surface area contributed by atoms with Crippen molar-refractivity contribution in [3.05, 3.63) is 77.6 Å². The average Bonchev–Trinajstić information content (AvgIpc) is 3.45. The highest BCUT2D eigenvalue weighted by Gasteiger charge is 2.34. The number of aromatic nitrogens is 2. The van der Waals surface area contributed by atoms with Gasteiger partial charge in [-0.05, 0) is 48.2 Å². The fourth-order valence-corrected chi connectivity index (χ4v) is 5.40. The molecule has 6 nitrogen and oxygen atoms in total. The van der Waals surface area contributed by atoms with Crippen molar-refractivity contribution in [1.29, 1.82) is 0 Å². The van der Waals surface area contributed by atoms with Gasteiger partial charge in [0, 0.05) is 31.1 Å². The van der Waals surface area contributed by atoms with Gasteiger partial charge in [0.2, 0.25) is 10.0 Å². The summed E-state index contributed by atoms with van der Waals surface area (Å²) in [5.41, 5.74) is 3.21. The predicted octanol–water partition coefficient (Wildman–Crippen LogP) is 4.33. The molecule has 1 N–H and O–H groups in total. The lowest BCUT2D eigenvalue weighted by atomic mass is 10.0. The lowest BCUT2D eigenvalue weighted by Gasteiger charge is -2.16. The van der Waals surface area contributed by atoms with E-state index in [2.05, 4.69) is 36.2 Å². The van der Waals surface area contributed by atoms with Gasteiger partial charge in [0.1, 0.15) is 5.75 Å². The number of hydrogen-bond donors (Lipinski definition) is 1. The van der Waals surface area contributed by atoms with Crippen molar-refractivity contribution < 1.29 is 13.2 Å². The van der Waals surface area contributed by atoms with E-state index in [0.29, 0.717) is 30.5 Å². The molecule has 0 saturated carbocycles. The van der Waals surface area contributed by atoms with Crippen molar-refractivity contribution in [3.8, 4) is 5.75 Å². The number of benzene rings is 2. The van der Waals surface area contributed by atoms with Crippen LogP contribution in [0.15, 0.2) is 65.6 Å². The van der Waals surface area contributed by atoms with Crippen LogP contribution in [0.25, 0.3) is 0 Å². The van der Waals surface area contributed by atoms with Crippen LogP contribution >= 0.6 is 0 Å². The maximum Gasteiger partial charge on any atom is 0.243 e. The summed E-state index contributed by atoms with van der Waals surface area (Å²) in [5, 5.41) is 7.52. The number of H-pyrrole nitrogens is 1. The van der Waals surface area contributed by atoms with Gasteiger partial charge < -0.3 is 4.74 Å². The summed E-state index contributed by atoms with van der Waals surface area (Å²) in [5.74, 6) is 1.47. The molecule has 164 valence electrons. The molecule has 1 aromatic heterocycles. The molecule has 1 fully saturated rings. The standard InChI is InChI=1S/C24H29N3O3S/c1-18(2)19-8-10-22(11-9-19)30-15-13-21-16-24(26-25-21)20-12-14-27(17-20)31(28,29)23-6-4-3-5-7-23/h3-11,16,18,20H,12-15,17H2,1-2H3,(H,25,26)/t20-/m1/s1. The van der Waals surface area contributed by atoms with Gasteiger partial charge in [-0.15, -0.1) is 0 Å². The Morgan fingerprint density at radius 3 is 2.58 bits per heavy atom. The van der Waals surface area contributed by atoms with E-state index >= 15 is 0 Å². The Labute approximate surface area is 184 Å². The fourth-order valence-electron chi connectivity index (χ4n) is 3.87. The Hall–Kier alpha value is -2.64. The van der Waals surface area contributed by atoms with E-state index in [1.54, 1.807) is 28.6 Å². The van der Waals surface area contributed by atoms with E-state index in [0.717, 1.165) is 30.0 Å². The van der Waals surface area contributed by atoms with E-state index in [-0.39, 0.29) is 5.92 Å². The summed E-state index contributed by atoms with van der Waals surface area (Å²) in [7, 11) is -3.45. The maximum absolute atomic E-state index is 12.8. The van der Waals surface area contributed by atoms with Crippen LogP contribution in [0.3, 0.4) is 0 Å². The van der Waals surface area contributed by atoms with Crippen molar-refractivity contribution in [2.45, 2.75) is 43.4 Å². The van der Waals surface area contributed by atoms with Gasteiger partial charge in [-0.3, -0.25) is 5.10 Å². The van der Waals surface area contributed by atoms with E-state index in [4.69, 9.17) is 4.74 Å². The van der Waals surface area contributed by atoms with E-state index in [9.17, 15) is 8.42 Å². The second kappa shape index (κ2) is 9.24. The topological polar surface area (TPSA) is 75.3 Å². The molecular formula is C24H29N3O3S. The summed E-state index contributed by atoms with van der Waals surface area (Å²) in [6, 6.07) is 18.9. The molecule has 0 aliphatic carbocycles. The molecule has 0 unspecified atom stereocenters. The Bertz CT molecular complexity index is 1090. The Morgan fingerprint density at radius 2 is 1.87 bits per heavy atom. The predicted molar refractivity (Wildman–Crippen MR) is 121 cm³/mol. The molecule has 1 atom stereocenters. The van der Waals surface area contributed by atoms with Gasteiger partial charge in [-0.2, -0.15) is 9.40 Å². The molecule has 7 heteroatoms. The van der Waals surface area contributed by atoms with E-state index in [1.807, 2.05) is 24.3 Å². The number of nitrogens with zero attached hydrogens (tertiary/aromatic N) is 2. The van der Waals surface area contributed by atoms with E-state index < -0.39 is 10.0 Å². The number of ether oxygens (including phenoxy) is 1. The van der Waals surface area contributed by atoms with Gasteiger partial charge in [-0.25, -0.2) is 8.42 Å². The van der Waals surface area contributed by atoms with Crippen molar-refractivity contribution in [3.63, 3.8) is 0 Å². The molecule has 0 amide bonds. The monoisotopic (exact) mass is 439 g/mol. The van der Waals surface area contributed by atoms with E-state index in [1.165, 1.54) is 5.56 Å². The van der Waals surface area contributed by atoms with Crippen LogP contribution in [0.2, 0.25) is 0 Å². The lowest BCUT2D eigenvalue weighted by molar-refractivity contribution is 0.320. The highest BCUT2D eigenvalue weighted by Crippen LogP contribution is 2.30. The Balaban J connectivity index is 1.31. The van der Waals surface area contributed by atoms with Crippen molar-refractivity contribution in [1.82, 2.24) is 14.5 Å². The van der Waals surface area contributed by atoms with Gasteiger partial charge in [0.05, 0.1) is 17.2 Å². The third-order valence-electron chi connectivity index (χ3n) is 5.79. The fraction of sp³-hybridized carbons (Fsp3) is 0.375. The normalized spacial score (nSPS) is 17.3. The second-order valence-corrected chi connectivity index (χ2v) is 10.2. The summed E-state index contributed by atoms with van der Waals surface area (Å²) in [6.45, 7) is 5.88. The smallest absolute Gasteiger partial charge is 0.243 e. The number of hydrogen-bond acceptors (Lipinski definition) is 4. The SMILES string of the molecule is CC(C)c1ccc(OCCc2cc([C@@H]3CCN(S(=O)(=O)c4ccccc4)C3)n[nH]2)cc1. The molecule has 0 spiro atoms. The van der Waals surface area contributed by atoms with Crippen LogP contribution in [-0.4, -0.2) is 42.6 Å². The first-order valence-electron chi connectivity index (χ1n) is 10.8. The molecule has 1 aliphatic heterocycles. The first-order chi connectivity index (χ1) is 14.9. The molecule has 3 aromatic rings. The second-order valence-electron chi connectivity index (χ2n) is 8.30. The number of nitrogens with one attached hydrogen (secondary N) is 1. The third-order valence-corrected chi connectivity index (χ3v) is 7.67. The summed E-state index contributed by atoms with van der Waals surface area (Å²) < 4.78 is 33.1. The molecule has 4 rings (SSSR count). The zero-order valence-electron chi connectivity index (χ0n) is 18.0. The molecule has 0 radical (unpaired) electrons. The van der Waals surface area contributed by atoms with Gasteiger partial charge in [0.25, 0.3) is 0 Å². The van der Waals surface area contributed by atoms with Crippen molar-refractivity contribution in [2.24, 2.45) is 0 Å². The molecule has 0 bridgehead atoms. The number of sulfonamides is 1. The van der Waals surface area contributed by atoms with Crippen LogP contribution in [0.5, 0.6) is 5.75 Å². The molecule has 2 heterocycles. The van der Waals surface area contributed by atoms with Crippen LogP contribution in [-0.2, 0) is 16.4 Å². The van der Waals surface area contributed by atoms with Crippen LogP contribution < -0.4 is 4.74 Å². The lowest BCUT2D eigenvalue weighted by Crippen LogP contribution is -2.28.